The molecule has 4 N–H and O–H groups in total. The molecule has 0 amide bonds. The lowest BCUT2D eigenvalue weighted by Crippen LogP contribution is -2.14. The number of nitrogens with two attached hydrogens (primary N) is 2. The van der Waals surface area contributed by atoms with Gasteiger partial charge < -0.3 is 44.6 Å². The van der Waals surface area contributed by atoms with Crippen LogP contribution in [-0.4, -0.2) is 101 Å². The van der Waals surface area contributed by atoms with Crippen LogP contribution in [0.1, 0.15) is 19.3 Å². The second kappa shape index (κ2) is 22.0. The van der Waals surface area contributed by atoms with Gasteiger partial charge in [-0.15, -0.1) is 12.3 Å². The molecule has 0 bridgehead atoms. The summed E-state index contributed by atoms with van der Waals surface area (Å²) in [6.45, 7) is 6.63. The molecule has 0 radical (unpaired) electrons. The van der Waals surface area contributed by atoms with Crippen molar-refractivity contribution in [2.75, 3.05) is 97.4 Å². The summed E-state index contributed by atoms with van der Waals surface area (Å²) in [6.07, 6.45) is 9.61. The normalized spacial score (nSPS) is 11.2. The van der Waals surface area contributed by atoms with Gasteiger partial charge in [0, 0.05) is 44.7 Å². The Balaban J connectivity index is 1.16. The molecule has 0 aliphatic rings. The Kier molecular flexibility index (Phi) is 18.0. The Morgan fingerprint density at radius 2 is 1.18 bits per heavy atom. The minimum absolute atomic E-state index is 0.144. The molecule has 246 valence electrons. The van der Waals surface area contributed by atoms with Gasteiger partial charge in [0.05, 0.1) is 72.7 Å². The zero-order chi connectivity index (χ0) is 32.1. The average molecular weight is 756 g/mol. The van der Waals surface area contributed by atoms with Crippen molar-refractivity contribution in [3.05, 3.63) is 33.3 Å². The van der Waals surface area contributed by atoms with E-state index in [2.05, 4.69) is 52.7 Å². The third-order valence-electron chi connectivity index (χ3n) is 6.12. The fraction of sp³-hybridized carbons (Fsp3) is 0.516. The lowest BCUT2D eigenvalue weighted by Gasteiger charge is -2.14. The van der Waals surface area contributed by atoms with E-state index >= 15 is 0 Å². The maximum Gasteiger partial charge on any atom is 0.222 e. The topological polar surface area (TPSA) is 155 Å². The maximum atomic E-state index is 6.24. The van der Waals surface area contributed by atoms with Crippen LogP contribution in [-0.2, 0) is 28.4 Å². The summed E-state index contributed by atoms with van der Waals surface area (Å²) in [5.41, 5.74) is 13.9. The molecule has 14 heteroatoms. The van der Waals surface area contributed by atoms with Crippen LogP contribution >= 0.6 is 31.9 Å². The highest BCUT2D eigenvalue weighted by Crippen LogP contribution is 2.41. The minimum atomic E-state index is 0.144. The number of anilines is 2. The van der Waals surface area contributed by atoms with Gasteiger partial charge in [0.2, 0.25) is 5.95 Å². The number of aromatic nitrogens is 3. The lowest BCUT2D eigenvalue weighted by molar-refractivity contribution is -0.0178. The number of terminal acetylenes is 1. The first kappa shape index (κ1) is 36.9. The van der Waals surface area contributed by atoms with Crippen LogP contribution in [0, 0.1) is 12.3 Å². The number of hydrogen-bond donors (Lipinski definition) is 2. The van der Waals surface area contributed by atoms with E-state index in [0.717, 1.165) is 51.3 Å². The molecule has 0 spiro atoms. The van der Waals surface area contributed by atoms with Crippen molar-refractivity contribution in [2.24, 2.45) is 0 Å². The number of benzene rings is 1. The highest BCUT2D eigenvalue weighted by atomic mass is 79.9. The molecule has 3 rings (SSSR count). The summed E-state index contributed by atoms with van der Waals surface area (Å²) >= 11 is 7.25. The van der Waals surface area contributed by atoms with Gasteiger partial charge in [0.1, 0.15) is 18.2 Å². The number of hydrogen-bond acceptors (Lipinski definition) is 12. The first-order chi connectivity index (χ1) is 22.0. The van der Waals surface area contributed by atoms with Crippen LogP contribution in [0.2, 0.25) is 0 Å². The fourth-order valence-electron chi connectivity index (χ4n) is 3.93. The van der Waals surface area contributed by atoms with Crippen LogP contribution in [0.25, 0.3) is 22.2 Å². The van der Waals surface area contributed by atoms with E-state index in [1.165, 1.54) is 0 Å². The Morgan fingerprint density at radius 3 is 1.71 bits per heavy atom. The van der Waals surface area contributed by atoms with Crippen molar-refractivity contribution in [2.45, 2.75) is 19.3 Å². The van der Waals surface area contributed by atoms with Gasteiger partial charge in [-0.1, -0.05) is 0 Å². The van der Waals surface area contributed by atoms with Gasteiger partial charge in [-0.2, -0.15) is 4.98 Å². The van der Waals surface area contributed by atoms with Gasteiger partial charge in [-0.25, -0.2) is 9.97 Å². The van der Waals surface area contributed by atoms with E-state index in [0.29, 0.717) is 96.5 Å². The summed E-state index contributed by atoms with van der Waals surface area (Å²) in [7, 11) is 0. The predicted molar refractivity (Wildman–Crippen MR) is 180 cm³/mol. The molecule has 0 atom stereocenters. The van der Waals surface area contributed by atoms with Gasteiger partial charge in [0.15, 0.2) is 5.65 Å². The molecule has 0 unspecified atom stereocenters. The number of fused-ring (bicyclic) bond motifs is 1. The number of pyridine rings is 1. The monoisotopic (exact) mass is 753 g/mol. The molecule has 0 fully saturated rings. The Labute approximate surface area is 281 Å². The summed E-state index contributed by atoms with van der Waals surface area (Å²) in [5, 5.41) is 0.727. The first-order valence-electron chi connectivity index (χ1n) is 14.7. The molecule has 2 aromatic heterocycles. The van der Waals surface area contributed by atoms with Gasteiger partial charge >= 0.3 is 0 Å². The highest BCUT2D eigenvalue weighted by Gasteiger charge is 2.16. The molecular formula is C31H41Br2N5O7. The summed E-state index contributed by atoms with van der Waals surface area (Å²) in [6, 6.07) is 5.62. The van der Waals surface area contributed by atoms with Crippen LogP contribution in [0.3, 0.4) is 0 Å². The number of halogens is 2. The quantitative estimate of drug-likeness (QED) is 0.0965. The van der Waals surface area contributed by atoms with Crippen molar-refractivity contribution in [1.29, 1.82) is 0 Å². The van der Waals surface area contributed by atoms with Crippen molar-refractivity contribution in [3.8, 4) is 29.2 Å². The fourth-order valence-corrected chi connectivity index (χ4v) is 5.50. The number of rotatable bonds is 24. The van der Waals surface area contributed by atoms with Crippen LogP contribution in [0.4, 0.5) is 11.8 Å². The van der Waals surface area contributed by atoms with Crippen LogP contribution < -0.4 is 16.2 Å². The highest BCUT2D eigenvalue weighted by molar-refractivity contribution is 9.11. The smallest absolute Gasteiger partial charge is 0.222 e. The van der Waals surface area contributed by atoms with Crippen LogP contribution in [0.5, 0.6) is 5.75 Å². The molecule has 0 aliphatic carbocycles. The third kappa shape index (κ3) is 14.1. The number of nitrogens with zero attached hydrogens (tertiary/aromatic N) is 3. The summed E-state index contributed by atoms with van der Waals surface area (Å²) in [4.78, 5) is 12.5. The van der Waals surface area contributed by atoms with Gasteiger partial charge in [-0.3, -0.25) is 0 Å². The molecule has 3 aromatic rings. The van der Waals surface area contributed by atoms with Gasteiger partial charge in [0.25, 0.3) is 0 Å². The van der Waals surface area contributed by atoms with Crippen molar-refractivity contribution >= 4 is 54.7 Å². The maximum absolute atomic E-state index is 6.24. The molecule has 2 heterocycles. The summed E-state index contributed by atoms with van der Waals surface area (Å²) < 4.78 is 40.5. The largest absolute Gasteiger partial charge is 0.491 e. The van der Waals surface area contributed by atoms with E-state index < -0.39 is 0 Å². The lowest BCUT2D eigenvalue weighted by atomic mass is 10.1. The molecule has 12 nitrogen and oxygen atoms in total. The van der Waals surface area contributed by atoms with E-state index in [1.54, 1.807) is 6.20 Å². The second-order valence-electron chi connectivity index (χ2n) is 9.51. The molecule has 0 aliphatic heterocycles. The molecule has 45 heavy (non-hydrogen) atoms. The Hall–Kier alpha value is -2.61. The third-order valence-corrected chi connectivity index (χ3v) is 7.37. The zero-order valence-electron chi connectivity index (χ0n) is 25.3. The average Bonchev–Trinajstić information content (AvgIpc) is 3.01. The van der Waals surface area contributed by atoms with Crippen molar-refractivity contribution < 1.29 is 33.2 Å². The van der Waals surface area contributed by atoms with E-state index in [-0.39, 0.29) is 5.95 Å². The second-order valence-corrected chi connectivity index (χ2v) is 11.2. The number of ether oxygens (including phenoxy) is 7. The van der Waals surface area contributed by atoms with Crippen LogP contribution in [0.15, 0.2) is 33.3 Å². The van der Waals surface area contributed by atoms with Gasteiger partial charge in [-0.05, 0) is 62.9 Å². The Bertz CT molecular complexity index is 1320. The zero-order valence-corrected chi connectivity index (χ0v) is 28.5. The van der Waals surface area contributed by atoms with Crippen molar-refractivity contribution in [1.82, 2.24) is 15.0 Å². The SMILES string of the molecule is C#CCCCCOCCOCCOCCOCCOCCOCCOc1cc(Br)c(-c2cc3cnc(N)nc3nc2N)c(Br)c1. The minimum Gasteiger partial charge on any atom is -0.491 e. The standard InChI is InChI=1S/C31H41Br2N5O7/c1-2-3-4-5-6-39-7-8-40-9-10-41-11-12-42-13-14-43-15-16-44-17-18-45-24-20-26(32)28(27(33)21-24)25-19-23-22-36-31(35)38-30(23)37-29(25)34/h1,19-22H,3-18H2,(H4,34,35,36,37,38). The van der Waals surface area contributed by atoms with E-state index in [4.69, 9.17) is 51.0 Å². The first-order valence-corrected chi connectivity index (χ1v) is 16.3. The predicted octanol–water partition coefficient (Wildman–Crippen LogP) is 4.66. The number of unbranched alkanes of at least 4 members (excludes halogenated alkanes) is 2. The van der Waals surface area contributed by atoms with E-state index in [9.17, 15) is 0 Å². The Morgan fingerprint density at radius 1 is 0.667 bits per heavy atom. The number of nitrogen functional groups attached to an aromatic ring is 2. The molecule has 0 saturated heterocycles. The molecular weight excluding hydrogens is 714 g/mol. The summed E-state index contributed by atoms with van der Waals surface area (Å²) in [5.74, 6) is 3.76. The molecule has 1 aromatic carbocycles. The van der Waals surface area contributed by atoms with Crippen molar-refractivity contribution in [3.63, 3.8) is 0 Å². The van der Waals surface area contributed by atoms with E-state index in [1.807, 2.05) is 18.2 Å². The molecule has 0 saturated carbocycles.